The second-order valence-corrected chi connectivity index (χ2v) is 3.18. The van der Waals surface area contributed by atoms with Crippen LogP contribution < -0.4 is 5.32 Å². The molecule has 3 nitrogen and oxygen atoms in total. The lowest BCUT2D eigenvalue weighted by atomic mass is 10.2. The zero-order valence-electron chi connectivity index (χ0n) is 9.12. The summed E-state index contributed by atoms with van der Waals surface area (Å²) < 4.78 is 5.61. The summed E-state index contributed by atoms with van der Waals surface area (Å²) in [4.78, 5) is 4.23. The number of aliphatic imine (C=N–C) groups is 1. The number of hydrogen-bond acceptors (Lipinski definition) is 3. The van der Waals surface area contributed by atoms with Crippen molar-refractivity contribution in [2.24, 2.45) is 4.99 Å². The predicted octanol–water partition coefficient (Wildman–Crippen LogP) is 2.34. The average Bonchev–Trinajstić information content (AvgIpc) is 2.43. The van der Waals surface area contributed by atoms with Crippen molar-refractivity contribution in [3.8, 4) is 0 Å². The first kappa shape index (κ1) is 11.2. The highest BCUT2D eigenvalue weighted by molar-refractivity contribution is 5.58. The van der Waals surface area contributed by atoms with Crippen LogP contribution in [0.3, 0.4) is 0 Å². The summed E-state index contributed by atoms with van der Waals surface area (Å²) in [6.45, 7) is 5.93. The SMILES string of the molecule is C1=NC(OC2CNC2)=CCCC1.CC.[HH]. The van der Waals surface area contributed by atoms with E-state index in [2.05, 4.69) is 16.4 Å². The van der Waals surface area contributed by atoms with E-state index in [9.17, 15) is 0 Å². The van der Waals surface area contributed by atoms with Crippen LogP contribution in [0.25, 0.3) is 0 Å². The van der Waals surface area contributed by atoms with Crippen molar-refractivity contribution >= 4 is 6.21 Å². The number of nitrogens with zero attached hydrogens (tertiary/aromatic N) is 1. The lowest BCUT2D eigenvalue weighted by molar-refractivity contribution is 0.0699. The van der Waals surface area contributed by atoms with Gasteiger partial charge < -0.3 is 10.1 Å². The van der Waals surface area contributed by atoms with Gasteiger partial charge in [0.15, 0.2) is 0 Å². The molecule has 2 aliphatic heterocycles. The molecule has 2 rings (SSSR count). The molecular formula is C11H22N2O. The van der Waals surface area contributed by atoms with E-state index in [-0.39, 0.29) is 1.43 Å². The van der Waals surface area contributed by atoms with Crippen molar-refractivity contribution < 1.29 is 6.16 Å². The molecule has 0 unspecified atom stereocenters. The van der Waals surface area contributed by atoms with E-state index in [1.807, 2.05) is 20.1 Å². The third-order valence-corrected chi connectivity index (χ3v) is 2.11. The Morgan fingerprint density at radius 2 is 2.21 bits per heavy atom. The molecule has 2 heterocycles. The van der Waals surface area contributed by atoms with Gasteiger partial charge in [-0.05, 0) is 25.3 Å². The van der Waals surface area contributed by atoms with E-state index >= 15 is 0 Å². The van der Waals surface area contributed by atoms with Crippen LogP contribution in [0.1, 0.15) is 34.5 Å². The molecule has 2 aliphatic rings. The van der Waals surface area contributed by atoms with Crippen LogP contribution >= 0.6 is 0 Å². The first-order valence-corrected chi connectivity index (χ1v) is 5.55. The maximum Gasteiger partial charge on any atom is 0.209 e. The highest BCUT2D eigenvalue weighted by Gasteiger charge is 2.18. The Morgan fingerprint density at radius 3 is 2.86 bits per heavy atom. The van der Waals surface area contributed by atoms with Gasteiger partial charge in [0.2, 0.25) is 5.88 Å². The average molecular weight is 198 g/mol. The lowest BCUT2D eigenvalue weighted by Crippen LogP contribution is -2.48. The molecule has 1 N–H and O–H groups in total. The minimum atomic E-state index is 0. The maximum atomic E-state index is 5.61. The Kier molecular flexibility index (Phi) is 5.30. The van der Waals surface area contributed by atoms with Crippen LogP contribution in [-0.4, -0.2) is 25.4 Å². The van der Waals surface area contributed by atoms with Gasteiger partial charge in [0.1, 0.15) is 6.10 Å². The summed E-state index contributed by atoms with van der Waals surface area (Å²) >= 11 is 0. The summed E-state index contributed by atoms with van der Waals surface area (Å²) in [6.07, 6.45) is 7.75. The lowest BCUT2D eigenvalue weighted by Gasteiger charge is -2.27. The highest BCUT2D eigenvalue weighted by atomic mass is 16.5. The maximum absolute atomic E-state index is 5.61. The number of allylic oxidation sites excluding steroid dienone is 1. The Morgan fingerprint density at radius 1 is 1.43 bits per heavy atom. The molecule has 0 aromatic carbocycles. The minimum Gasteiger partial charge on any atom is -0.472 e. The second-order valence-electron chi connectivity index (χ2n) is 3.18. The van der Waals surface area contributed by atoms with Gasteiger partial charge in [-0.1, -0.05) is 13.8 Å². The fraction of sp³-hybridized carbons (Fsp3) is 0.727. The Bertz CT molecular complexity index is 213. The number of nitrogens with one attached hydrogen (secondary N) is 1. The first-order chi connectivity index (χ1) is 6.95. The van der Waals surface area contributed by atoms with Gasteiger partial charge in [-0.2, -0.15) is 0 Å². The van der Waals surface area contributed by atoms with Crippen molar-refractivity contribution in [1.82, 2.24) is 5.32 Å². The van der Waals surface area contributed by atoms with Gasteiger partial charge in [0.05, 0.1) is 0 Å². The van der Waals surface area contributed by atoms with Crippen molar-refractivity contribution in [2.75, 3.05) is 13.1 Å². The standard InChI is InChI=1S/C9H14N2O.C2H6.H2/c1-2-4-9(11-5-3-1)12-8-6-10-7-8;1-2;/h4-5,8,10H,1-3,6-7H2;1-2H3;1H. The van der Waals surface area contributed by atoms with E-state index in [1.165, 1.54) is 6.42 Å². The molecule has 0 atom stereocenters. The molecule has 0 aliphatic carbocycles. The second kappa shape index (κ2) is 6.60. The highest BCUT2D eigenvalue weighted by Crippen LogP contribution is 2.12. The molecule has 82 valence electrons. The van der Waals surface area contributed by atoms with Crippen LogP contribution in [0.2, 0.25) is 0 Å². The van der Waals surface area contributed by atoms with Gasteiger partial charge >= 0.3 is 0 Å². The van der Waals surface area contributed by atoms with E-state index < -0.39 is 0 Å². The van der Waals surface area contributed by atoms with Gasteiger partial charge in [0.25, 0.3) is 0 Å². The van der Waals surface area contributed by atoms with E-state index in [0.29, 0.717) is 6.10 Å². The third-order valence-electron chi connectivity index (χ3n) is 2.11. The Balaban J connectivity index is 0.000000617. The smallest absolute Gasteiger partial charge is 0.209 e. The molecule has 0 saturated carbocycles. The molecular weight excluding hydrogens is 176 g/mol. The van der Waals surface area contributed by atoms with Crippen LogP contribution in [0.5, 0.6) is 0 Å². The predicted molar refractivity (Wildman–Crippen MR) is 61.6 cm³/mol. The van der Waals surface area contributed by atoms with E-state index in [4.69, 9.17) is 4.74 Å². The number of rotatable bonds is 2. The zero-order chi connectivity index (χ0) is 10.2. The quantitative estimate of drug-likeness (QED) is 0.739. The van der Waals surface area contributed by atoms with Gasteiger partial charge in [0, 0.05) is 20.7 Å². The largest absolute Gasteiger partial charge is 0.472 e. The Labute approximate surface area is 87.7 Å². The zero-order valence-corrected chi connectivity index (χ0v) is 9.12. The van der Waals surface area contributed by atoms with Crippen LogP contribution in [0.4, 0.5) is 0 Å². The minimum absolute atomic E-state index is 0. The molecule has 0 aromatic heterocycles. The van der Waals surface area contributed by atoms with Crippen molar-refractivity contribution in [2.45, 2.75) is 39.2 Å². The monoisotopic (exact) mass is 198 g/mol. The fourth-order valence-electron chi connectivity index (χ4n) is 1.24. The van der Waals surface area contributed by atoms with Crippen molar-refractivity contribution in [1.29, 1.82) is 0 Å². The van der Waals surface area contributed by atoms with Gasteiger partial charge in [-0.15, -0.1) is 0 Å². The van der Waals surface area contributed by atoms with Crippen molar-refractivity contribution in [3.05, 3.63) is 12.0 Å². The molecule has 14 heavy (non-hydrogen) atoms. The molecule has 0 bridgehead atoms. The van der Waals surface area contributed by atoms with Crippen molar-refractivity contribution in [3.63, 3.8) is 0 Å². The summed E-state index contributed by atoms with van der Waals surface area (Å²) in [7, 11) is 0. The van der Waals surface area contributed by atoms with Crippen LogP contribution in [0.15, 0.2) is 17.0 Å². The molecule has 1 saturated heterocycles. The molecule has 0 spiro atoms. The van der Waals surface area contributed by atoms with Gasteiger partial charge in [-0.25, -0.2) is 4.99 Å². The van der Waals surface area contributed by atoms with Crippen LogP contribution in [-0.2, 0) is 4.74 Å². The third kappa shape index (κ3) is 3.50. The molecule has 0 aromatic rings. The molecule has 1 fully saturated rings. The summed E-state index contributed by atoms with van der Waals surface area (Å²) in [5, 5.41) is 3.16. The fourth-order valence-corrected chi connectivity index (χ4v) is 1.24. The van der Waals surface area contributed by atoms with E-state index in [0.717, 1.165) is 31.8 Å². The number of ether oxygens (including phenoxy) is 1. The van der Waals surface area contributed by atoms with Crippen LogP contribution in [0, 0.1) is 0 Å². The number of hydrogen-bond donors (Lipinski definition) is 1. The summed E-state index contributed by atoms with van der Waals surface area (Å²) in [5.74, 6) is 0.819. The molecule has 0 radical (unpaired) electrons. The summed E-state index contributed by atoms with van der Waals surface area (Å²) in [6, 6.07) is 0. The van der Waals surface area contributed by atoms with Gasteiger partial charge in [-0.3, -0.25) is 0 Å². The normalized spacial score (nSPS) is 21.1. The molecule has 3 heteroatoms. The van der Waals surface area contributed by atoms with E-state index in [1.54, 1.807) is 0 Å². The summed E-state index contributed by atoms with van der Waals surface area (Å²) in [5.41, 5.74) is 0. The molecule has 0 amide bonds. The topological polar surface area (TPSA) is 33.6 Å². The first-order valence-electron chi connectivity index (χ1n) is 5.55. The Hall–Kier alpha value is -0.830.